The molecule has 0 unspecified atom stereocenters. The van der Waals surface area contributed by atoms with Gasteiger partial charge in [0.05, 0.1) is 11.5 Å². The summed E-state index contributed by atoms with van der Waals surface area (Å²) in [5, 5.41) is 16.3. The second-order valence-corrected chi connectivity index (χ2v) is 5.95. The number of nitro benzene ring substituents is 1. The summed E-state index contributed by atoms with van der Waals surface area (Å²) in [4.78, 5) is 22.5. The Morgan fingerprint density at radius 3 is 2.50 bits per heavy atom. The lowest BCUT2D eigenvalue weighted by Crippen LogP contribution is -2.34. The summed E-state index contributed by atoms with van der Waals surface area (Å²) in [6.45, 7) is 4.35. The third-order valence-electron chi connectivity index (χ3n) is 3.49. The molecule has 0 heterocycles. The minimum atomic E-state index is -0.467. The number of non-ortho nitro benzene ring substituents is 1. The number of anilines is 1. The lowest BCUT2D eigenvalue weighted by Gasteiger charge is -2.12. The summed E-state index contributed by atoms with van der Waals surface area (Å²) >= 11 is 5.14. The number of hydrogen-bond donors (Lipinski definition) is 2. The van der Waals surface area contributed by atoms with E-state index in [4.69, 9.17) is 17.0 Å². The number of hydrogen-bond acceptors (Lipinski definition) is 5. The largest absolute Gasteiger partial charge is 0.494 e. The monoisotopic (exact) mass is 373 g/mol. The van der Waals surface area contributed by atoms with Crippen molar-refractivity contribution in [2.45, 2.75) is 20.3 Å². The molecule has 0 aliphatic heterocycles. The first kappa shape index (κ1) is 19.3. The van der Waals surface area contributed by atoms with Crippen LogP contribution in [0.25, 0.3) is 0 Å². The van der Waals surface area contributed by atoms with E-state index in [1.165, 1.54) is 12.1 Å². The molecule has 2 N–H and O–H groups in total. The van der Waals surface area contributed by atoms with Gasteiger partial charge in [0, 0.05) is 23.4 Å². The Labute approximate surface area is 156 Å². The predicted octanol–water partition coefficient (Wildman–Crippen LogP) is 3.82. The van der Waals surface area contributed by atoms with Gasteiger partial charge in [-0.2, -0.15) is 0 Å². The molecule has 0 atom stereocenters. The molecule has 2 rings (SSSR count). The lowest BCUT2D eigenvalue weighted by atomic mass is 10.2. The highest BCUT2D eigenvalue weighted by Crippen LogP contribution is 2.21. The molecule has 0 aliphatic carbocycles. The van der Waals surface area contributed by atoms with Crippen molar-refractivity contribution in [3.05, 3.63) is 63.7 Å². The lowest BCUT2D eigenvalue weighted by molar-refractivity contribution is -0.384. The van der Waals surface area contributed by atoms with Crippen LogP contribution in [0.3, 0.4) is 0 Å². The molecule has 26 heavy (non-hydrogen) atoms. The van der Waals surface area contributed by atoms with E-state index in [9.17, 15) is 14.9 Å². The van der Waals surface area contributed by atoms with Crippen molar-refractivity contribution < 1.29 is 14.5 Å². The minimum absolute atomic E-state index is 0.00612. The third kappa shape index (κ3) is 5.25. The second-order valence-electron chi connectivity index (χ2n) is 5.54. The average molecular weight is 373 g/mol. The maximum absolute atomic E-state index is 12.2. The van der Waals surface area contributed by atoms with Crippen LogP contribution in [-0.2, 0) is 0 Å². The van der Waals surface area contributed by atoms with Crippen LogP contribution in [0.4, 0.5) is 11.4 Å². The van der Waals surface area contributed by atoms with Crippen LogP contribution in [0.5, 0.6) is 5.75 Å². The molecule has 0 radical (unpaired) electrons. The van der Waals surface area contributed by atoms with E-state index < -0.39 is 4.92 Å². The standard InChI is InChI=1S/C18H19N3O4S/c1-3-10-25-15-7-4-13(5-8-15)17(22)20-18(26)19-16-9-6-14(21(23)24)11-12(16)2/h4-9,11H,3,10H2,1-2H3,(H2,19,20,22,26). The molecular weight excluding hydrogens is 354 g/mol. The smallest absolute Gasteiger partial charge is 0.269 e. The van der Waals surface area contributed by atoms with Crippen molar-refractivity contribution in [3.63, 3.8) is 0 Å². The molecule has 0 spiro atoms. The van der Waals surface area contributed by atoms with Crippen LogP contribution in [0, 0.1) is 17.0 Å². The van der Waals surface area contributed by atoms with Crippen molar-refractivity contribution in [3.8, 4) is 5.75 Å². The zero-order valence-electron chi connectivity index (χ0n) is 14.4. The maximum Gasteiger partial charge on any atom is 0.269 e. The first-order valence-corrected chi connectivity index (χ1v) is 8.41. The molecule has 0 bridgehead atoms. The molecule has 0 saturated heterocycles. The average Bonchev–Trinajstić information content (AvgIpc) is 2.61. The van der Waals surface area contributed by atoms with Gasteiger partial charge in [-0.3, -0.25) is 20.2 Å². The van der Waals surface area contributed by atoms with Crippen LogP contribution >= 0.6 is 12.2 Å². The van der Waals surface area contributed by atoms with E-state index in [1.54, 1.807) is 37.3 Å². The molecule has 2 aromatic carbocycles. The molecule has 136 valence electrons. The van der Waals surface area contributed by atoms with Gasteiger partial charge in [0.1, 0.15) is 5.75 Å². The number of rotatable bonds is 6. The Balaban J connectivity index is 1.96. The second kappa shape index (κ2) is 8.91. The SMILES string of the molecule is CCCOc1ccc(C(=O)NC(=S)Nc2ccc([N+](=O)[O-])cc2C)cc1. The molecule has 1 amide bonds. The van der Waals surface area contributed by atoms with Crippen molar-refractivity contribution in [1.82, 2.24) is 5.32 Å². The summed E-state index contributed by atoms with van der Waals surface area (Å²) < 4.78 is 5.47. The molecule has 8 heteroatoms. The van der Waals surface area contributed by atoms with Gasteiger partial charge in [-0.1, -0.05) is 6.92 Å². The number of nitro groups is 1. The molecule has 0 saturated carbocycles. The van der Waals surface area contributed by atoms with Gasteiger partial charge in [-0.05, 0) is 61.5 Å². The van der Waals surface area contributed by atoms with Crippen LogP contribution in [0.15, 0.2) is 42.5 Å². The zero-order valence-corrected chi connectivity index (χ0v) is 15.3. The quantitative estimate of drug-likeness (QED) is 0.454. The summed E-state index contributed by atoms with van der Waals surface area (Å²) in [6.07, 6.45) is 0.907. The Kier molecular flexibility index (Phi) is 6.62. The van der Waals surface area contributed by atoms with Crippen LogP contribution in [0.2, 0.25) is 0 Å². The van der Waals surface area contributed by atoms with Crippen molar-refractivity contribution in [2.75, 3.05) is 11.9 Å². The zero-order chi connectivity index (χ0) is 19.1. The number of ether oxygens (including phenoxy) is 1. The third-order valence-corrected chi connectivity index (χ3v) is 3.69. The van der Waals surface area contributed by atoms with Crippen LogP contribution in [0.1, 0.15) is 29.3 Å². The summed E-state index contributed by atoms with van der Waals surface area (Å²) in [5.41, 5.74) is 1.67. The molecule has 2 aromatic rings. The molecule has 7 nitrogen and oxygen atoms in total. The number of nitrogens with zero attached hydrogens (tertiary/aromatic N) is 1. The minimum Gasteiger partial charge on any atom is -0.494 e. The van der Waals surface area contributed by atoms with Crippen molar-refractivity contribution >= 4 is 34.6 Å². The highest BCUT2D eigenvalue weighted by Gasteiger charge is 2.11. The van der Waals surface area contributed by atoms with Gasteiger partial charge in [0.15, 0.2) is 5.11 Å². The summed E-state index contributed by atoms with van der Waals surface area (Å²) in [6, 6.07) is 11.1. The van der Waals surface area contributed by atoms with E-state index in [1.807, 2.05) is 6.92 Å². The van der Waals surface area contributed by atoms with Crippen molar-refractivity contribution in [1.29, 1.82) is 0 Å². The Bertz CT molecular complexity index is 822. The number of carbonyl (C=O) groups excluding carboxylic acids is 1. The topological polar surface area (TPSA) is 93.5 Å². The number of thiocarbonyl (C=S) groups is 1. The number of amides is 1. The molecule has 0 aromatic heterocycles. The molecule has 0 fully saturated rings. The Morgan fingerprint density at radius 2 is 1.92 bits per heavy atom. The van der Waals surface area contributed by atoms with Gasteiger partial charge in [-0.25, -0.2) is 0 Å². The first-order chi connectivity index (χ1) is 12.4. The maximum atomic E-state index is 12.2. The highest BCUT2D eigenvalue weighted by atomic mass is 32.1. The Morgan fingerprint density at radius 1 is 1.23 bits per heavy atom. The normalized spacial score (nSPS) is 10.1. The summed E-state index contributed by atoms with van der Waals surface area (Å²) in [5.74, 6) is 0.342. The van der Waals surface area contributed by atoms with Gasteiger partial charge in [0.2, 0.25) is 0 Å². The van der Waals surface area contributed by atoms with E-state index in [-0.39, 0.29) is 16.7 Å². The number of carbonyl (C=O) groups is 1. The predicted molar refractivity (Wildman–Crippen MR) is 104 cm³/mol. The van der Waals surface area contributed by atoms with E-state index in [0.717, 1.165) is 6.42 Å². The Hall–Kier alpha value is -3.00. The van der Waals surface area contributed by atoms with Gasteiger partial charge in [-0.15, -0.1) is 0 Å². The fourth-order valence-corrected chi connectivity index (χ4v) is 2.36. The highest BCUT2D eigenvalue weighted by molar-refractivity contribution is 7.80. The van der Waals surface area contributed by atoms with E-state index in [0.29, 0.717) is 29.2 Å². The number of aryl methyl sites for hydroxylation is 1. The molecule has 0 aliphatic rings. The fraction of sp³-hybridized carbons (Fsp3) is 0.222. The number of nitrogens with one attached hydrogen (secondary N) is 2. The van der Waals surface area contributed by atoms with Crippen LogP contribution < -0.4 is 15.4 Å². The number of benzene rings is 2. The van der Waals surface area contributed by atoms with Gasteiger partial charge in [0.25, 0.3) is 11.6 Å². The van der Waals surface area contributed by atoms with Gasteiger partial charge < -0.3 is 10.1 Å². The summed E-state index contributed by atoms with van der Waals surface area (Å²) in [7, 11) is 0. The molecular formula is C18H19N3O4S. The van der Waals surface area contributed by atoms with Crippen molar-refractivity contribution in [2.24, 2.45) is 0 Å². The first-order valence-electron chi connectivity index (χ1n) is 8.01. The van der Waals surface area contributed by atoms with E-state index in [2.05, 4.69) is 10.6 Å². The van der Waals surface area contributed by atoms with E-state index >= 15 is 0 Å². The van der Waals surface area contributed by atoms with Gasteiger partial charge >= 0.3 is 0 Å². The van der Waals surface area contributed by atoms with Crippen LogP contribution in [-0.4, -0.2) is 22.5 Å². The fourth-order valence-electron chi connectivity index (χ4n) is 2.15.